The first-order chi connectivity index (χ1) is 11.3. The lowest BCUT2D eigenvalue weighted by Gasteiger charge is -2.09. The summed E-state index contributed by atoms with van der Waals surface area (Å²) in [5, 5.41) is 19.8. The van der Waals surface area contributed by atoms with E-state index in [-0.39, 0.29) is 6.03 Å². The number of tetrazole rings is 1. The molecule has 2 N–H and O–H groups in total. The summed E-state index contributed by atoms with van der Waals surface area (Å²) in [5.74, 6) is 0. The molecular weight excluding hydrogens is 332 g/mol. The van der Waals surface area contributed by atoms with Crippen LogP contribution in [-0.4, -0.2) is 32.5 Å². The molecule has 0 aliphatic heterocycles. The van der Waals surface area contributed by atoms with Crippen LogP contribution in [0.4, 0.5) is 10.5 Å². The standard InChI is InChI=1S/C14H14N6OS2/c1-22-14-17-18-19-20(14)11-5-2-4-10(8-11)16-13(21)15-9-12-6-3-7-23-12/h2-8H,9H2,1H3,(H2,15,16,21). The Bertz CT molecular complexity index is 786. The van der Waals surface area contributed by atoms with Gasteiger partial charge in [0.25, 0.3) is 0 Å². The molecule has 0 spiro atoms. The van der Waals surface area contributed by atoms with E-state index in [0.717, 1.165) is 10.6 Å². The number of nitrogens with one attached hydrogen (secondary N) is 2. The summed E-state index contributed by atoms with van der Waals surface area (Å²) < 4.78 is 1.62. The van der Waals surface area contributed by atoms with Gasteiger partial charge in [0.2, 0.25) is 5.16 Å². The minimum Gasteiger partial charge on any atom is -0.333 e. The Morgan fingerprint density at radius 3 is 3.04 bits per heavy atom. The Hall–Kier alpha value is -2.39. The average molecular weight is 346 g/mol. The van der Waals surface area contributed by atoms with E-state index in [1.807, 2.05) is 48.0 Å². The second kappa shape index (κ2) is 7.25. The number of carbonyl (C=O) groups excluding carboxylic acids is 1. The monoisotopic (exact) mass is 346 g/mol. The zero-order chi connectivity index (χ0) is 16.1. The van der Waals surface area contributed by atoms with Crippen LogP contribution in [0, 0.1) is 0 Å². The summed E-state index contributed by atoms with van der Waals surface area (Å²) in [5.41, 5.74) is 1.46. The second-order valence-electron chi connectivity index (χ2n) is 4.51. The lowest BCUT2D eigenvalue weighted by atomic mass is 10.3. The second-order valence-corrected chi connectivity index (χ2v) is 6.32. The van der Waals surface area contributed by atoms with Gasteiger partial charge in [-0.05, 0) is 46.3 Å². The number of anilines is 1. The fourth-order valence-corrected chi connectivity index (χ4v) is 3.02. The first-order valence-electron chi connectivity index (χ1n) is 6.76. The molecule has 0 saturated heterocycles. The molecule has 2 aromatic heterocycles. The van der Waals surface area contributed by atoms with Gasteiger partial charge in [0, 0.05) is 10.6 Å². The topological polar surface area (TPSA) is 84.7 Å². The Morgan fingerprint density at radius 1 is 1.35 bits per heavy atom. The molecule has 0 radical (unpaired) electrons. The molecule has 23 heavy (non-hydrogen) atoms. The van der Waals surface area contributed by atoms with E-state index in [1.54, 1.807) is 16.0 Å². The Kier molecular flexibility index (Phi) is 4.89. The largest absolute Gasteiger partial charge is 0.333 e. The number of thioether (sulfide) groups is 1. The molecule has 118 valence electrons. The van der Waals surface area contributed by atoms with E-state index < -0.39 is 0 Å². The highest BCUT2D eigenvalue weighted by Gasteiger charge is 2.08. The van der Waals surface area contributed by atoms with Gasteiger partial charge in [-0.3, -0.25) is 0 Å². The van der Waals surface area contributed by atoms with Crippen LogP contribution in [0.15, 0.2) is 46.9 Å². The highest BCUT2D eigenvalue weighted by atomic mass is 32.2. The van der Waals surface area contributed by atoms with E-state index in [1.165, 1.54) is 11.8 Å². The van der Waals surface area contributed by atoms with Crippen molar-refractivity contribution in [3.63, 3.8) is 0 Å². The van der Waals surface area contributed by atoms with Crippen molar-refractivity contribution in [1.29, 1.82) is 0 Å². The van der Waals surface area contributed by atoms with Crippen LogP contribution in [0.5, 0.6) is 0 Å². The molecule has 0 aliphatic rings. The number of aromatic nitrogens is 4. The van der Waals surface area contributed by atoms with Crippen molar-refractivity contribution in [2.24, 2.45) is 0 Å². The summed E-state index contributed by atoms with van der Waals surface area (Å²) in [6, 6.07) is 11.0. The van der Waals surface area contributed by atoms with Crippen molar-refractivity contribution in [2.75, 3.05) is 11.6 Å². The Labute approximate surface area is 141 Å². The molecule has 0 aliphatic carbocycles. The molecular formula is C14H14N6OS2. The molecule has 3 aromatic rings. The minimum atomic E-state index is -0.252. The molecule has 0 bridgehead atoms. The predicted octanol–water partition coefficient (Wildman–Crippen LogP) is 2.77. The molecule has 7 nitrogen and oxygen atoms in total. The number of amides is 2. The molecule has 0 saturated carbocycles. The van der Waals surface area contributed by atoms with Crippen LogP contribution in [0.1, 0.15) is 4.88 Å². The highest BCUT2D eigenvalue weighted by Crippen LogP contribution is 2.18. The number of nitrogens with zero attached hydrogens (tertiary/aromatic N) is 4. The zero-order valence-electron chi connectivity index (χ0n) is 12.3. The molecule has 9 heteroatoms. The summed E-state index contributed by atoms with van der Waals surface area (Å²) in [6.07, 6.45) is 1.91. The Morgan fingerprint density at radius 2 is 2.26 bits per heavy atom. The van der Waals surface area contributed by atoms with E-state index in [9.17, 15) is 4.79 Å². The van der Waals surface area contributed by atoms with E-state index in [2.05, 4.69) is 26.2 Å². The van der Waals surface area contributed by atoms with Crippen LogP contribution >= 0.6 is 23.1 Å². The van der Waals surface area contributed by atoms with Crippen molar-refractivity contribution >= 4 is 34.8 Å². The molecule has 3 rings (SSSR count). The highest BCUT2D eigenvalue weighted by molar-refractivity contribution is 7.98. The third-order valence-corrected chi connectivity index (χ3v) is 4.47. The number of benzene rings is 1. The van der Waals surface area contributed by atoms with Crippen molar-refractivity contribution in [2.45, 2.75) is 11.7 Å². The van der Waals surface area contributed by atoms with Crippen molar-refractivity contribution in [3.05, 3.63) is 46.7 Å². The SMILES string of the molecule is CSc1nnnn1-c1cccc(NC(=O)NCc2cccs2)c1. The molecule has 0 atom stereocenters. The predicted molar refractivity (Wildman–Crippen MR) is 91.1 cm³/mol. The maximum Gasteiger partial charge on any atom is 0.319 e. The normalized spacial score (nSPS) is 10.5. The maximum absolute atomic E-state index is 12.0. The minimum absolute atomic E-state index is 0.252. The summed E-state index contributed by atoms with van der Waals surface area (Å²) in [4.78, 5) is 13.1. The van der Waals surface area contributed by atoms with Crippen LogP contribution in [0.2, 0.25) is 0 Å². The number of urea groups is 1. The third kappa shape index (κ3) is 3.88. The lowest BCUT2D eigenvalue weighted by molar-refractivity contribution is 0.252. The molecule has 2 heterocycles. The number of thiophene rings is 1. The van der Waals surface area contributed by atoms with Crippen molar-refractivity contribution in [1.82, 2.24) is 25.5 Å². The molecule has 2 amide bonds. The van der Waals surface area contributed by atoms with Gasteiger partial charge in [-0.2, -0.15) is 4.68 Å². The zero-order valence-corrected chi connectivity index (χ0v) is 13.9. The fraction of sp³-hybridized carbons (Fsp3) is 0.143. The van der Waals surface area contributed by atoms with Crippen molar-refractivity contribution < 1.29 is 4.79 Å². The van der Waals surface area contributed by atoms with Gasteiger partial charge in [-0.25, -0.2) is 4.79 Å². The lowest BCUT2D eigenvalue weighted by Crippen LogP contribution is -2.27. The van der Waals surface area contributed by atoms with E-state index >= 15 is 0 Å². The summed E-state index contributed by atoms with van der Waals surface area (Å²) in [6.45, 7) is 0.507. The van der Waals surface area contributed by atoms with Gasteiger partial charge in [-0.1, -0.05) is 23.9 Å². The first-order valence-corrected chi connectivity index (χ1v) is 8.87. The maximum atomic E-state index is 12.0. The quantitative estimate of drug-likeness (QED) is 0.694. The van der Waals surface area contributed by atoms with Gasteiger partial charge >= 0.3 is 6.03 Å². The molecule has 0 fully saturated rings. The molecule has 0 unspecified atom stereocenters. The van der Waals surface area contributed by atoms with Gasteiger partial charge < -0.3 is 10.6 Å². The Balaban J connectivity index is 1.66. The van der Waals surface area contributed by atoms with Gasteiger partial charge in [0.1, 0.15) is 0 Å². The fourth-order valence-electron chi connectivity index (χ4n) is 1.94. The van der Waals surface area contributed by atoms with E-state index in [0.29, 0.717) is 17.4 Å². The van der Waals surface area contributed by atoms with Crippen LogP contribution in [0.25, 0.3) is 5.69 Å². The number of carbonyl (C=O) groups is 1. The van der Waals surface area contributed by atoms with Crippen molar-refractivity contribution in [3.8, 4) is 5.69 Å². The van der Waals surface area contributed by atoms with E-state index in [4.69, 9.17) is 0 Å². The van der Waals surface area contributed by atoms with Crippen LogP contribution in [-0.2, 0) is 6.54 Å². The van der Waals surface area contributed by atoms with Crippen LogP contribution in [0.3, 0.4) is 0 Å². The molecule has 1 aromatic carbocycles. The van der Waals surface area contributed by atoms with Gasteiger partial charge in [-0.15, -0.1) is 16.4 Å². The summed E-state index contributed by atoms with van der Waals surface area (Å²) in [7, 11) is 0. The first kappa shape index (κ1) is 15.5. The number of hydrogen-bond donors (Lipinski definition) is 2. The number of rotatable bonds is 5. The third-order valence-electron chi connectivity index (χ3n) is 2.98. The van der Waals surface area contributed by atoms with Crippen LogP contribution < -0.4 is 10.6 Å². The smallest absolute Gasteiger partial charge is 0.319 e. The number of hydrogen-bond acceptors (Lipinski definition) is 6. The average Bonchev–Trinajstić information content (AvgIpc) is 3.24. The summed E-state index contributed by atoms with van der Waals surface area (Å²) >= 11 is 3.06. The van der Waals surface area contributed by atoms with Gasteiger partial charge in [0.05, 0.1) is 12.2 Å². The van der Waals surface area contributed by atoms with Gasteiger partial charge in [0.15, 0.2) is 0 Å².